The Bertz CT molecular complexity index is 1730. The van der Waals surface area contributed by atoms with Crippen molar-refractivity contribution in [2.45, 2.75) is 31.3 Å². The molecule has 5 rings (SSSR count). The largest absolute Gasteiger partial charge is 0.416 e. The molecule has 0 unspecified atom stereocenters. The number of hydrogen-bond donors (Lipinski definition) is 2. The number of nitrogens with zero attached hydrogens (tertiary/aromatic N) is 3. The van der Waals surface area contributed by atoms with Gasteiger partial charge in [0, 0.05) is 28.4 Å². The van der Waals surface area contributed by atoms with E-state index in [1.54, 1.807) is 24.4 Å². The summed E-state index contributed by atoms with van der Waals surface area (Å²) in [5, 5.41) is 4.16. The second kappa shape index (κ2) is 11.8. The van der Waals surface area contributed by atoms with Gasteiger partial charge in [-0.25, -0.2) is 9.97 Å². The average molecular weight is 567 g/mol. The zero-order valence-electron chi connectivity index (χ0n) is 21.5. The highest BCUT2D eigenvalue weighted by molar-refractivity contribution is 7.85. The van der Waals surface area contributed by atoms with Crippen molar-refractivity contribution in [1.29, 1.82) is 0 Å². The minimum absolute atomic E-state index is 0.0741. The molecule has 0 aliphatic carbocycles. The fourth-order valence-electron chi connectivity index (χ4n) is 4.10. The second-order valence-corrected chi connectivity index (χ2v) is 10.1. The van der Waals surface area contributed by atoms with Gasteiger partial charge in [-0.05, 0) is 61.4 Å². The maximum Gasteiger partial charge on any atom is 0.416 e. The van der Waals surface area contributed by atoms with Crippen molar-refractivity contribution in [2.24, 2.45) is 0 Å². The van der Waals surface area contributed by atoms with E-state index in [1.807, 2.05) is 31.2 Å². The van der Waals surface area contributed by atoms with Crippen LogP contribution < -0.4 is 5.32 Å². The van der Waals surface area contributed by atoms with E-state index in [-0.39, 0.29) is 4.90 Å². The van der Waals surface area contributed by atoms with Crippen molar-refractivity contribution in [3.05, 3.63) is 108 Å². The van der Waals surface area contributed by atoms with E-state index < -0.39 is 21.9 Å². The van der Waals surface area contributed by atoms with E-state index >= 15 is 0 Å². The third kappa shape index (κ3) is 6.61. The van der Waals surface area contributed by atoms with Crippen LogP contribution in [0.1, 0.15) is 23.6 Å². The molecular weight excluding hydrogens is 541 g/mol. The highest BCUT2D eigenvalue weighted by atomic mass is 32.2. The topological polar surface area (TPSA) is 105 Å². The highest BCUT2D eigenvalue weighted by Crippen LogP contribution is 2.34. The van der Waals surface area contributed by atoms with Crippen molar-refractivity contribution >= 4 is 32.5 Å². The Balaban J connectivity index is 0.000000312. The first-order chi connectivity index (χ1) is 19.0. The third-order valence-electron chi connectivity index (χ3n) is 6.09. The predicted molar refractivity (Wildman–Crippen MR) is 148 cm³/mol. The van der Waals surface area contributed by atoms with E-state index in [0.717, 1.165) is 51.8 Å². The van der Waals surface area contributed by atoms with Crippen LogP contribution in [0.25, 0.3) is 22.2 Å². The van der Waals surface area contributed by atoms with Gasteiger partial charge >= 0.3 is 6.18 Å². The molecule has 2 heterocycles. The molecule has 0 aliphatic rings. The summed E-state index contributed by atoms with van der Waals surface area (Å²) in [7, 11) is -4.00. The van der Waals surface area contributed by atoms with Crippen LogP contribution in [0.3, 0.4) is 0 Å². The summed E-state index contributed by atoms with van der Waals surface area (Å²) >= 11 is 0. The van der Waals surface area contributed by atoms with E-state index in [0.29, 0.717) is 11.5 Å². The summed E-state index contributed by atoms with van der Waals surface area (Å²) in [6.45, 7) is 3.97. The minimum Gasteiger partial charge on any atom is -0.340 e. The maximum absolute atomic E-state index is 12.8. The van der Waals surface area contributed by atoms with Crippen molar-refractivity contribution in [1.82, 2.24) is 15.0 Å². The van der Waals surface area contributed by atoms with Crippen molar-refractivity contribution in [2.75, 3.05) is 5.32 Å². The number of nitrogens with one attached hydrogen (secondary N) is 1. The molecule has 0 amide bonds. The normalized spacial score (nSPS) is 11.6. The molecule has 0 fully saturated rings. The van der Waals surface area contributed by atoms with Gasteiger partial charge in [-0.3, -0.25) is 9.54 Å². The minimum atomic E-state index is -4.36. The van der Waals surface area contributed by atoms with E-state index in [4.69, 9.17) is 4.55 Å². The molecule has 11 heteroatoms. The van der Waals surface area contributed by atoms with Crippen LogP contribution in [-0.2, 0) is 22.7 Å². The summed E-state index contributed by atoms with van der Waals surface area (Å²) < 4.78 is 67.6. The molecule has 2 aromatic heterocycles. The third-order valence-corrected chi connectivity index (χ3v) is 6.96. The summed E-state index contributed by atoms with van der Waals surface area (Å²) in [5.74, 6) is 0.544. The van der Waals surface area contributed by atoms with E-state index in [1.165, 1.54) is 30.6 Å². The van der Waals surface area contributed by atoms with Gasteiger partial charge in [0.25, 0.3) is 10.1 Å². The molecule has 206 valence electrons. The molecule has 2 N–H and O–H groups in total. The lowest BCUT2D eigenvalue weighted by atomic mass is 9.96. The molecule has 7 nitrogen and oxygen atoms in total. The average Bonchev–Trinajstić information content (AvgIpc) is 2.94. The number of rotatable bonds is 5. The highest BCUT2D eigenvalue weighted by Gasteiger charge is 2.30. The molecule has 0 saturated heterocycles. The van der Waals surface area contributed by atoms with Gasteiger partial charge < -0.3 is 5.32 Å². The van der Waals surface area contributed by atoms with Gasteiger partial charge in [-0.15, -0.1) is 0 Å². The monoisotopic (exact) mass is 566 g/mol. The number of aryl methyl sites for hydroxylation is 1. The zero-order valence-corrected chi connectivity index (χ0v) is 22.3. The number of aromatic nitrogens is 3. The Morgan fingerprint density at radius 2 is 1.57 bits per heavy atom. The quantitative estimate of drug-likeness (QED) is 0.216. The number of fused-ring (bicyclic) bond motifs is 1. The Morgan fingerprint density at radius 1 is 0.875 bits per heavy atom. The maximum atomic E-state index is 12.8. The van der Waals surface area contributed by atoms with E-state index in [9.17, 15) is 21.6 Å². The molecule has 5 aromatic rings. The molecule has 0 spiro atoms. The lowest BCUT2D eigenvalue weighted by Gasteiger charge is -2.15. The summed E-state index contributed by atoms with van der Waals surface area (Å²) in [4.78, 5) is 13.2. The van der Waals surface area contributed by atoms with Crippen LogP contribution >= 0.6 is 0 Å². The lowest BCUT2D eigenvalue weighted by molar-refractivity contribution is -0.137. The Morgan fingerprint density at radius 3 is 2.17 bits per heavy atom. The van der Waals surface area contributed by atoms with Gasteiger partial charge in [0.2, 0.25) is 0 Å². The molecule has 40 heavy (non-hydrogen) atoms. The molecule has 3 aromatic carbocycles. The number of alkyl halides is 3. The van der Waals surface area contributed by atoms with E-state index in [2.05, 4.69) is 27.2 Å². The first-order valence-electron chi connectivity index (χ1n) is 12.1. The summed E-state index contributed by atoms with van der Waals surface area (Å²) in [6.07, 6.45) is -0.349. The van der Waals surface area contributed by atoms with Crippen LogP contribution in [0.4, 0.5) is 24.7 Å². The Labute approximate surface area is 229 Å². The number of anilines is 2. The Kier molecular flexibility index (Phi) is 8.46. The van der Waals surface area contributed by atoms with Crippen molar-refractivity contribution < 1.29 is 26.1 Å². The number of pyridine rings is 1. The van der Waals surface area contributed by atoms with Gasteiger partial charge in [0.05, 0.1) is 21.7 Å². The van der Waals surface area contributed by atoms with Gasteiger partial charge in [-0.2, -0.15) is 21.6 Å². The van der Waals surface area contributed by atoms with Gasteiger partial charge in [-0.1, -0.05) is 43.3 Å². The van der Waals surface area contributed by atoms with Crippen molar-refractivity contribution in [3.8, 4) is 11.3 Å². The SMILES string of the molecule is CCc1c(-c2ncnc(Nc3ccc(C(F)(F)F)cc3)c2C)ccc2cccnc12.O=S(=O)(O)c1ccccc1. The standard InChI is InChI=1S/C23H19F3N4.C6H6O3S/c1-3-18-19(11-6-15-5-4-12-27-21(15)18)20-14(2)22(29-13-28-20)30-17-9-7-16(8-10-17)23(24,25)26;7-10(8,9)6-4-2-1-3-5-6/h4-13H,3H2,1-2H3,(H,28,29,30);1-5H,(H,7,8,9). The van der Waals surface area contributed by atoms with Crippen LogP contribution in [0.5, 0.6) is 0 Å². The second-order valence-electron chi connectivity index (χ2n) is 8.70. The molecule has 0 aliphatic heterocycles. The number of hydrogen-bond acceptors (Lipinski definition) is 6. The molecule has 0 atom stereocenters. The van der Waals surface area contributed by atoms with Gasteiger partial charge in [0.1, 0.15) is 12.1 Å². The van der Waals surface area contributed by atoms with Crippen LogP contribution in [0.2, 0.25) is 0 Å². The molecule has 0 saturated carbocycles. The van der Waals surface area contributed by atoms with Crippen LogP contribution in [0, 0.1) is 6.92 Å². The van der Waals surface area contributed by atoms with Crippen molar-refractivity contribution in [3.63, 3.8) is 0 Å². The molecule has 0 bridgehead atoms. The summed E-state index contributed by atoms with van der Waals surface area (Å²) in [5.41, 5.74) is 4.41. The molecule has 0 radical (unpaired) electrons. The van der Waals surface area contributed by atoms with Crippen LogP contribution in [0.15, 0.2) is 96.3 Å². The van der Waals surface area contributed by atoms with Crippen LogP contribution in [-0.4, -0.2) is 27.9 Å². The predicted octanol–water partition coefficient (Wildman–Crippen LogP) is 7.26. The fraction of sp³-hybridized carbons (Fsp3) is 0.138. The molecular formula is C29H25F3N4O3S. The van der Waals surface area contributed by atoms with Gasteiger partial charge in [0.15, 0.2) is 0 Å². The number of halogens is 3. The smallest absolute Gasteiger partial charge is 0.340 e. The summed E-state index contributed by atoms with van der Waals surface area (Å²) in [6, 6.07) is 20.3. The number of benzene rings is 3. The lowest BCUT2D eigenvalue weighted by Crippen LogP contribution is -2.05. The first-order valence-corrected chi connectivity index (χ1v) is 13.6. The zero-order chi connectivity index (χ0) is 28.9. The first kappa shape index (κ1) is 28.7. The Hall–Kier alpha value is -4.35. The fourth-order valence-corrected chi connectivity index (χ4v) is 4.61.